The van der Waals surface area contributed by atoms with Crippen molar-refractivity contribution in [1.82, 2.24) is 10.2 Å². The summed E-state index contributed by atoms with van der Waals surface area (Å²) in [4.78, 5) is 4.13. The third-order valence-corrected chi connectivity index (χ3v) is 6.29. The summed E-state index contributed by atoms with van der Waals surface area (Å²) in [6.45, 7) is 1.22. The molecule has 0 saturated heterocycles. The monoisotopic (exact) mass is 290 g/mol. The molecular weight excluding hydrogens is 264 g/mol. The molecule has 2 aliphatic rings. The van der Waals surface area contributed by atoms with Crippen LogP contribution in [0.4, 0.5) is 0 Å². The standard InChI is InChI=1S/C17H26N2S/c1-18-14-7-9-15(10-8-14)19(2)11-13-12-20-17-6-4-3-5-16(13)17/h3-6,13-15,18H,7-12H2,1-2H3. The van der Waals surface area contributed by atoms with E-state index >= 15 is 0 Å². The molecule has 1 saturated carbocycles. The quantitative estimate of drug-likeness (QED) is 0.915. The lowest BCUT2D eigenvalue weighted by Gasteiger charge is -2.35. The Bertz CT molecular complexity index is 440. The van der Waals surface area contributed by atoms with Crippen LogP contribution in [0, 0.1) is 0 Å². The lowest BCUT2D eigenvalue weighted by molar-refractivity contribution is 0.171. The van der Waals surface area contributed by atoms with Crippen LogP contribution in [0.5, 0.6) is 0 Å². The molecule has 1 N–H and O–H groups in total. The first-order chi connectivity index (χ1) is 9.78. The van der Waals surface area contributed by atoms with Crippen molar-refractivity contribution >= 4 is 11.8 Å². The van der Waals surface area contributed by atoms with Gasteiger partial charge in [-0.25, -0.2) is 0 Å². The lowest BCUT2D eigenvalue weighted by Crippen LogP contribution is -2.41. The Morgan fingerprint density at radius 2 is 1.95 bits per heavy atom. The maximum Gasteiger partial charge on any atom is 0.0108 e. The van der Waals surface area contributed by atoms with Crippen LogP contribution in [0.1, 0.15) is 37.2 Å². The van der Waals surface area contributed by atoms with Crippen molar-refractivity contribution in [3.63, 3.8) is 0 Å². The molecule has 0 radical (unpaired) electrons. The van der Waals surface area contributed by atoms with E-state index in [2.05, 4.69) is 48.6 Å². The third kappa shape index (κ3) is 3.05. The molecule has 1 aromatic rings. The van der Waals surface area contributed by atoms with Gasteiger partial charge in [0.25, 0.3) is 0 Å². The van der Waals surface area contributed by atoms with Crippen LogP contribution in [0.25, 0.3) is 0 Å². The molecule has 20 heavy (non-hydrogen) atoms. The summed E-state index contributed by atoms with van der Waals surface area (Å²) in [7, 11) is 4.43. The molecule has 3 heteroatoms. The minimum absolute atomic E-state index is 0.725. The van der Waals surface area contributed by atoms with Crippen molar-refractivity contribution in [2.75, 3.05) is 26.4 Å². The summed E-state index contributed by atoms with van der Waals surface area (Å²) in [6.07, 6.45) is 5.37. The smallest absolute Gasteiger partial charge is 0.0108 e. The van der Waals surface area contributed by atoms with E-state index < -0.39 is 0 Å². The van der Waals surface area contributed by atoms with Crippen LogP contribution in [0.3, 0.4) is 0 Å². The predicted octanol–water partition coefficient (Wildman–Crippen LogP) is 3.34. The number of benzene rings is 1. The molecule has 1 aliphatic carbocycles. The van der Waals surface area contributed by atoms with Crippen LogP contribution in [-0.4, -0.2) is 43.4 Å². The molecule has 3 rings (SSSR count). The highest BCUT2D eigenvalue weighted by atomic mass is 32.2. The Hall–Kier alpha value is -0.510. The van der Waals surface area contributed by atoms with Gasteiger partial charge in [-0.1, -0.05) is 18.2 Å². The fourth-order valence-corrected chi connectivity index (χ4v) is 4.92. The summed E-state index contributed by atoms with van der Waals surface area (Å²) in [5.41, 5.74) is 1.58. The number of nitrogens with zero attached hydrogens (tertiary/aromatic N) is 1. The molecule has 0 bridgehead atoms. The fourth-order valence-electron chi connectivity index (χ4n) is 3.68. The topological polar surface area (TPSA) is 15.3 Å². The van der Waals surface area contributed by atoms with E-state index in [0.29, 0.717) is 0 Å². The van der Waals surface area contributed by atoms with Crippen molar-refractivity contribution in [2.45, 2.75) is 48.6 Å². The van der Waals surface area contributed by atoms with E-state index in [0.717, 1.165) is 18.0 Å². The molecule has 0 amide bonds. The second-order valence-electron chi connectivity index (χ2n) is 6.28. The fraction of sp³-hybridized carbons (Fsp3) is 0.647. The van der Waals surface area contributed by atoms with E-state index in [-0.39, 0.29) is 0 Å². The normalized spacial score (nSPS) is 29.6. The molecule has 110 valence electrons. The summed E-state index contributed by atoms with van der Waals surface area (Å²) < 4.78 is 0. The average molecular weight is 290 g/mol. The third-order valence-electron chi connectivity index (χ3n) is 5.04. The minimum Gasteiger partial charge on any atom is -0.317 e. The van der Waals surface area contributed by atoms with Crippen LogP contribution in [0.15, 0.2) is 29.2 Å². The zero-order chi connectivity index (χ0) is 13.9. The molecule has 1 unspecified atom stereocenters. The van der Waals surface area contributed by atoms with Crippen molar-refractivity contribution in [2.24, 2.45) is 0 Å². The molecule has 2 nitrogen and oxygen atoms in total. The molecule has 1 atom stereocenters. The van der Waals surface area contributed by atoms with Gasteiger partial charge >= 0.3 is 0 Å². The number of fused-ring (bicyclic) bond motifs is 1. The molecule has 1 fully saturated rings. The number of hydrogen-bond acceptors (Lipinski definition) is 3. The predicted molar refractivity (Wildman–Crippen MR) is 87.6 cm³/mol. The van der Waals surface area contributed by atoms with Gasteiger partial charge in [-0.15, -0.1) is 11.8 Å². The lowest BCUT2D eigenvalue weighted by atomic mass is 9.89. The Morgan fingerprint density at radius 1 is 1.20 bits per heavy atom. The average Bonchev–Trinajstić information content (AvgIpc) is 2.91. The van der Waals surface area contributed by atoms with Crippen LogP contribution < -0.4 is 5.32 Å². The number of hydrogen-bond donors (Lipinski definition) is 1. The largest absolute Gasteiger partial charge is 0.317 e. The van der Waals surface area contributed by atoms with Crippen molar-refractivity contribution in [3.8, 4) is 0 Å². The van der Waals surface area contributed by atoms with Gasteiger partial charge in [-0.2, -0.15) is 0 Å². The molecular formula is C17H26N2S. The summed E-state index contributed by atoms with van der Waals surface area (Å²) >= 11 is 2.03. The van der Waals surface area contributed by atoms with Gasteiger partial charge in [0.2, 0.25) is 0 Å². The van der Waals surface area contributed by atoms with E-state index in [9.17, 15) is 0 Å². The maximum atomic E-state index is 3.43. The van der Waals surface area contributed by atoms with Crippen LogP contribution in [0.2, 0.25) is 0 Å². The minimum atomic E-state index is 0.725. The first-order valence-corrected chi connectivity index (χ1v) is 8.85. The highest BCUT2D eigenvalue weighted by molar-refractivity contribution is 7.99. The van der Waals surface area contributed by atoms with Crippen LogP contribution in [-0.2, 0) is 0 Å². The number of likely N-dealkylation sites (N-methyl/N-ethyl adjacent to an activating group) is 1. The highest BCUT2D eigenvalue weighted by Gasteiger charge is 2.28. The molecule has 1 heterocycles. The summed E-state index contributed by atoms with van der Waals surface area (Å²) in [5, 5.41) is 3.43. The van der Waals surface area contributed by atoms with E-state index in [1.165, 1.54) is 42.9 Å². The second kappa shape index (κ2) is 6.50. The van der Waals surface area contributed by atoms with Gasteiger partial charge in [0.05, 0.1) is 0 Å². The Morgan fingerprint density at radius 3 is 2.70 bits per heavy atom. The van der Waals surface area contributed by atoms with E-state index in [4.69, 9.17) is 0 Å². The molecule has 1 aliphatic heterocycles. The van der Waals surface area contributed by atoms with Gasteiger partial charge in [-0.3, -0.25) is 0 Å². The Labute approximate surface area is 127 Å². The van der Waals surface area contributed by atoms with E-state index in [1.807, 2.05) is 11.8 Å². The zero-order valence-electron chi connectivity index (χ0n) is 12.6. The van der Waals surface area contributed by atoms with Gasteiger partial charge in [0.1, 0.15) is 0 Å². The number of rotatable bonds is 4. The van der Waals surface area contributed by atoms with Crippen molar-refractivity contribution in [1.29, 1.82) is 0 Å². The first kappa shape index (κ1) is 14.4. The van der Waals surface area contributed by atoms with Gasteiger partial charge in [0.15, 0.2) is 0 Å². The number of thioether (sulfide) groups is 1. The Kier molecular flexibility index (Phi) is 4.69. The van der Waals surface area contributed by atoms with Gasteiger partial charge in [0, 0.05) is 35.2 Å². The van der Waals surface area contributed by atoms with Crippen LogP contribution >= 0.6 is 11.8 Å². The summed E-state index contributed by atoms with van der Waals surface area (Å²) in [5.74, 6) is 1.98. The molecule has 0 spiro atoms. The van der Waals surface area contributed by atoms with Gasteiger partial charge < -0.3 is 10.2 Å². The summed E-state index contributed by atoms with van der Waals surface area (Å²) in [6, 6.07) is 10.5. The molecule has 1 aromatic carbocycles. The Balaban J connectivity index is 1.56. The zero-order valence-corrected chi connectivity index (χ0v) is 13.5. The first-order valence-electron chi connectivity index (χ1n) is 7.87. The molecule has 0 aromatic heterocycles. The SMILES string of the molecule is CNC1CCC(N(C)CC2CSc3ccccc32)CC1. The van der Waals surface area contributed by atoms with Crippen molar-refractivity contribution in [3.05, 3.63) is 29.8 Å². The highest BCUT2D eigenvalue weighted by Crippen LogP contribution is 2.40. The van der Waals surface area contributed by atoms with E-state index in [1.54, 1.807) is 5.56 Å². The number of nitrogens with one attached hydrogen (secondary N) is 1. The second-order valence-corrected chi connectivity index (χ2v) is 7.34. The maximum absolute atomic E-state index is 3.43. The van der Waals surface area contributed by atoms with Crippen molar-refractivity contribution < 1.29 is 0 Å². The van der Waals surface area contributed by atoms with Gasteiger partial charge in [-0.05, 0) is 51.4 Å².